The van der Waals surface area contributed by atoms with Crippen molar-refractivity contribution in [1.82, 2.24) is 14.9 Å². The molecule has 1 aliphatic rings. The number of likely N-dealkylation sites (tertiary alicyclic amines) is 1. The molecule has 0 aliphatic carbocycles. The Morgan fingerprint density at radius 2 is 1.93 bits per heavy atom. The van der Waals surface area contributed by atoms with Crippen molar-refractivity contribution in [3.8, 4) is 0 Å². The Bertz CT molecular complexity index is 864. The molecular weight excluding hydrogens is 337 g/mol. The third-order valence-electron chi connectivity index (χ3n) is 5.21. The third-order valence-corrected chi connectivity index (χ3v) is 5.21. The minimum absolute atomic E-state index is 0.198. The van der Waals surface area contributed by atoms with Crippen molar-refractivity contribution in [2.45, 2.75) is 38.3 Å². The number of pyridine rings is 2. The van der Waals surface area contributed by atoms with Gasteiger partial charge in [-0.2, -0.15) is 0 Å². The highest BCUT2D eigenvalue weighted by Crippen LogP contribution is 2.31. The molecule has 2 aromatic heterocycles. The van der Waals surface area contributed by atoms with Gasteiger partial charge in [-0.25, -0.2) is 4.39 Å². The van der Waals surface area contributed by atoms with Crippen LogP contribution in [0.25, 0.3) is 0 Å². The number of piperidine rings is 1. The zero-order chi connectivity index (χ0) is 18.5. The highest BCUT2D eigenvalue weighted by molar-refractivity contribution is 5.25. The molecule has 0 N–H and O–H groups in total. The van der Waals surface area contributed by atoms with Gasteiger partial charge in [0.05, 0.1) is 5.69 Å². The molecule has 1 fully saturated rings. The topological polar surface area (TPSA) is 29.0 Å². The normalized spacial score (nSPS) is 17.7. The van der Waals surface area contributed by atoms with E-state index in [0.29, 0.717) is 12.5 Å². The summed E-state index contributed by atoms with van der Waals surface area (Å²) >= 11 is 0. The van der Waals surface area contributed by atoms with E-state index in [1.807, 2.05) is 30.6 Å². The minimum Gasteiger partial charge on any atom is -0.290 e. The van der Waals surface area contributed by atoms with Crippen LogP contribution in [0.3, 0.4) is 0 Å². The van der Waals surface area contributed by atoms with Crippen LogP contribution in [-0.2, 0) is 13.0 Å². The molecule has 3 aromatic rings. The van der Waals surface area contributed by atoms with E-state index < -0.39 is 0 Å². The number of nitrogens with zero attached hydrogens (tertiary/aromatic N) is 3. The summed E-state index contributed by atoms with van der Waals surface area (Å²) in [4.78, 5) is 11.6. The number of halogens is 1. The quantitative estimate of drug-likeness (QED) is 0.645. The zero-order valence-corrected chi connectivity index (χ0v) is 15.4. The van der Waals surface area contributed by atoms with E-state index in [9.17, 15) is 4.39 Å². The van der Waals surface area contributed by atoms with Gasteiger partial charge in [0.25, 0.3) is 0 Å². The molecule has 1 atom stereocenters. The summed E-state index contributed by atoms with van der Waals surface area (Å²) in [5.74, 6) is -0.198. The van der Waals surface area contributed by atoms with E-state index in [0.717, 1.165) is 36.5 Å². The van der Waals surface area contributed by atoms with Gasteiger partial charge in [-0.15, -0.1) is 0 Å². The number of hydrogen-bond donors (Lipinski definition) is 0. The number of rotatable bonds is 5. The first-order valence-electron chi connectivity index (χ1n) is 9.61. The van der Waals surface area contributed by atoms with Crippen molar-refractivity contribution in [2.75, 3.05) is 6.54 Å². The van der Waals surface area contributed by atoms with Crippen molar-refractivity contribution in [1.29, 1.82) is 0 Å². The van der Waals surface area contributed by atoms with Crippen LogP contribution in [0.1, 0.15) is 47.8 Å². The first-order chi connectivity index (χ1) is 13.3. The van der Waals surface area contributed by atoms with Crippen molar-refractivity contribution in [2.24, 2.45) is 0 Å². The molecule has 0 saturated carbocycles. The number of aromatic nitrogens is 2. The number of benzene rings is 1. The minimum atomic E-state index is -0.198. The summed E-state index contributed by atoms with van der Waals surface area (Å²) in [7, 11) is 0. The Morgan fingerprint density at radius 3 is 2.70 bits per heavy atom. The molecule has 3 nitrogen and oxygen atoms in total. The summed E-state index contributed by atoms with van der Waals surface area (Å²) in [5, 5.41) is 0. The molecular formula is C23H24FN3. The fourth-order valence-corrected chi connectivity index (χ4v) is 3.85. The first kappa shape index (κ1) is 17.8. The van der Waals surface area contributed by atoms with Gasteiger partial charge in [0.2, 0.25) is 0 Å². The molecule has 0 amide bonds. The van der Waals surface area contributed by atoms with E-state index in [1.54, 1.807) is 12.1 Å². The maximum atomic E-state index is 13.4. The Kier molecular flexibility index (Phi) is 5.54. The van der Waals surface area contributed by atoms with Gasteiger partial charge in [-0.05, 0) is 60.8 Å². The van der Waals surface area contributed by atoms with Gasteiger partial charge >= 0.3 is 0 Å². The van der Waals surface area contributed by atoms with E-state index >= 15 is 0 Å². The van der Waals surface area contributed by atoms with Crippen molar-refractivity contribution in [3.05, 3.63) is 95.3 Å². The molecule has 0 unspecified atom stereocenters. The molecule has 0 bridgehead atoms. The van der Waals surface area contributed by atoms with Crippen LogP contribution in [0.2, 0.25) is 0 Å². The fourth-order valence-electron chi connectivity index (χ4n) is 3.85. The van der Waals surface area contributed by atoms with Gasteiger partial charge in [0.15, 0.2) is 0 Å². The molecule has 1 aromatic carbocycles. The van der Waals surface area contributed by atoms with Crippen molar-refractivity contribution in [3.63, 3.8) is 0 Å². The molecule has 1 aliphatic heterocycles. The Labute approximate surface area is 159 Å². The maximum absolute atomic E-state index is 13.4. The molecule has 1 saturated heterocycles. The van der Waals surface area contributed by atoms with Gasteiger partial charge < -0.3 is 0 Å². The van der Waals surface area contributed by atoms with E-state index in [-0.39, 0.29) is 5.82 Å². The van der Waals surface area contributed by atoms with E-state index in [2.05, 4.69) is 33.1 Å². The van der Waals surface area contributed by atoms with Gasteiger partial charge in [0, 0.05) is 37.1 Å². The smallest absolute Gasteiger partial charge is 0.123 e. The van der Waals surface area contributed by atoms with Gasteiger partial charge in [-0.1, -0.05) is 30.7 Å². The SMILES string of the molecule is Fc1cccc(Cc2ccc([C@H]3CCCCN3Cc3ccccn3)cn2)c1. The summed E-state index contributed by atoms with van der Waals surface area (Å²) in [6, 6.07) is 17.5. The number of hydrogen-bond acceptors (Lipinski definition) is 3. The first-order valence-corrected chi connectivity index (χ1v) is 9.61. The zero-order valence-electron chi connectivity index (χ0n) is 15.4. The predicted molar refractivity (Wildman–Crippen MR) is 105 cm³/mol. The Morgan fingerprint density at radius 1 is 0.963 bits per heavy atom. The Balaban J connectivity index is 1.47. The van der Waals surface area contributed by atoms with Crippen LogP contribution >= 0.6 is 0 Å². The summed E-state index contributed by atoms with van der Waals surface area (Å²) in [6.45, 7) is 1.96. The lowest BCUT2D eigenvalue weighted by Gasteiger charge is -2.35. The molecule has 0 radical (unpaired) electrons. The monoisotopic (exact) mass is 361 g/mol. The lowest BCUT2D eigenvalue weighted by Crippen LogP contribution is -2.33. The van der Waals surface area contributed by atoms with E-state index in [4.69, 9.17) is 0 Å². The summed E-state index contributed by atoms with van der Waals surface area (Å²) in [5.41, 5.74) is 4.29. The molecule has 4 rings (SSSR count). The lowest BCUT2D eigenvalue weighted by molar-refractivity contribution is 0.138. The Hall–Kier alpha value is -2.59. The van der Waals surface area contributed by atoms with Crippen LogP contribution in [0.4, 0.5) is 4.39 Å². The molecule has 138 valence electrons. The summed E-state index contributed by atoms with van der Waals surface area (Å²) < 4.78 is 13.4. The second kappa shape index (κ2) is 8.40. The second-order valence-electron chi connectivity index (χ2n) is 7.19. The lowest BCUT2D eigenvalue weighted by atomic mass is 9.95. The van der Waals surface area contributed by atoms with Crippen LogP contribution in [0.15, 0.2) is 67.0 Å². The summed E-state index contributed by atoms with van der Waals surface area (Å²) in [6.07, 6.45) is 8.13. The van der Waals surface area contributed by atoms with Crippen LogP contribution in [0, 0.1) is 5.82 Å². The average Bonchev–Trinajstić information content (AvgIpc) is 2.70. The van der Waals surface area contributed by atoms with Gasteiger partial charge in [0.1, 0.15) is 5.82 Å². The molecule has 0 spiro atoms. The standard InChI is InChI=1S/C23H24FN3/c24-20-7-5-6-18(14-20)15-21-11-10-19(16-26-21)23-9-2-4-13-27(23)17-22-8-1-3-12-25-22/h1,3,5-8,10-12,14,16,23H,2,4,9,13,15,17H2/t23-/m1/s1. The van der Waals surface area contributed by atoms with E-state index in [1.165, 1.54) is 24.5 Å². The van der Waals surface area contributed by atoms with Crippen molar-refractivity contribution >= 4 is 0 Å². The third kappa shape index (κ3) is 4.58. The predicted octanol–water partition coefficient (Wildman–Crippen LogP) is 4.93. The van der Waals surface area contributed by atoms with Crippen LogP contribution in [0.5, 0.6) is 0 Å². The fraction of sp³-hybridized carbons (Fsp3) is 0.304. The highest BCUT2D eigenvalue weighted by Gasteiger charge is 2.24. The van der Waals surface area contributed by atoms with Gasteiger partial charge in [-0.3, -0.25) is 14.9 Å². The van der Waals surface area contributed by atoms with Crippen molar-refractivity contribution < 1.29 is 4.39 Å². The average molecular weight is 361 g/mol. The molecule has 3 heterocycles. The maximum Gasteiger partial charge on any atom is 0.123 e. The van der Waals surface area contributed by atoms with Crippen LogP contribution in [-0.4, -0.2) is 21.4 Å². The molecule has 4 heteroatoms. The van der Waals surface area contributed by atoms with Crippen LogP contribution < -0.4 is 0 Å². The highest BCUT2D eigenvalue weighted by atomic mass is 19.1. The largest absolute Gasteiger partial charge is 0.290 e. The molecule has 27 heavy (non-hydrogen) atoms. The second-order valence-corrected chi connectivity index (χ2v) is 7.19.